The number of nitrogens with one attached hydrogen (secondary N) is 2. The fourth-order valence-corrected chi connectivity index (χ4v) is 3.02. The lowest BCUT2D eigenvalue weighted by Gasteiger charge is -2.24. The molecule has 1 aromatic carbocycles. The van der Waals surface area contributed by atoms with Crippen LogP contribution < -0.4 is 10.6 Å². The summed E-state index contributed by atoms with van der Waals surface area (Å²) in [5, 5.41) is 7.52. The highest BCUT2D eigenvalue weighted by Gasteiger charge is 2.22. The predicted molar refractivity (Wildman–Crippen MR) is 105 cm³/mol. The summed E-state index contributed by atoms with van der Waals surface area (Å²) in [7, 11) is 1.81. The number of hydrogen-bond acceptors (Lipinski definition) is 2. The maximum atomic E-state index is 5.99. The van der Waals surface area contributed by atoms with Gasteiger partial charge in [-0.1, -0.05) is 30.7 Å². The van der Waals surface area contributed by atoms with Gasteiger partial charge in [0.2, 0.25) is 0 Å². The van der Waals surface area contributed by atoms with Crippen molar-refractivity contribution in [3.63, 3.8) is 0 Å². The first-order valence-corrected chi connectivity index (χ1v) is 8.03. The molecule has 1 unspecified atom stereocenters. The lowest BCUT2D eigenvalue weighted by molar-refractivity contribution is 0.267. The number of benzene rings is 1. The average Bonchev–Trinajstić information content (AvgIpc) is 2.95. The fraction of sp³-hybridized carbons (Fsp3) is 0.562. The molecule has 4 nitrogen and oxygen atoms in total. The first kappa shape index (κ1) is 19.5. The van der Waals surface area contributed by atoms with E-state index < -0.39 is 0 Å². The van der Waals surface area contributed by atoms with E-state index in [-0.39, 0.29) is 24.0 Å². The Morgan fingerprint density at radius 3 is 2.91 bits per heavy atom. The van der Waals surface area contributed by atoms with E-state index in [0.29, 0.717) is 6.04 Å². The van der Waals surface area contributed by atoms with Crippen molar-refractivity contribution in [2.24, 2.45) is 4.99 Å². The van der Waals surface area contributed by atoms with Crippen LogP contribution in [0.2, 0.25) is 5.02 Å². The molecule has 1 saturated heterocycles. The highest BCUT2D eigenvalue weighted by molar-refractivity contribution is 14.0. The SMILES string of the molecule is CCN1CCCC1CNC(=NC)NCc1cccc(Cl)c1.I. The summed E-state index contributed by atoms with van der Waals surface area (Å²) in [6.07, 6.45) is 2.57. The largest absolute Gasteiger partial charge is 0.355 e. The zero-order valence-electron chi connectivity index (χ0n) is 13.3. The van der Waals surface area contributed by atoms with Gasteiger partial charge in [0.25, 0.3) is 0 Å². The Labute approximate surface area is 155 Å². The van der Waals surface area contributed by atoms with Gasteiger partial charge in [0, 0.05) is 31.2 Å². The van der Waals surface area contributed by atoms with E-state index in [1.165, 1.54) is 19.4 Å². The van der Waals surface area contributed by atoms with E-state index in [9.17, 15) is 0 Å². The molecule has 1 aliphatic rings. The Balaban J connectivity index is 0.00000242. The minimum absolute atomic E-state index is 0. The van der Waals surface area contributed by atoms with Crippen LogP contribution in [0.1, 0.15) is 25.3 Å². The number of likely N-dealkylation sites (N-methyl/N-ethyl adjacent to an activating group) is 1. The summed E-state index contributed by atoms with van der Waals surface area (Å²) in [5.74, 6) is 0.845. The smallest absolute Gasteiger partial charge is 0.191 e. The zero-order valence-corrected chi connectivity index (χ0v) is 16.4. The van der Waals surface area contributed by atoms with Crippen molar-refractivity contribution in [2.45, 2.75) is 32.4 Å². The molecule has 0 saturated carbocycles. The monoisotopic (exact) mass is 436 g/mol. The van der Waals surface area contributed by atoms with Crippen molar-refractivity contribution in [3.05, 3.63) is 34.9 Å². The van der Waals surface area contributed by atoms with Gasteiger partial charge in [-0.2, -0.15) is 0 Å². The highest BCUT2D eigenvalue weighted by Crippen LogP contribution is 2.15. The van der Waals surface area contributed by atoms with Gasteiger partial charge in [0.1, 0.15) is 0 Å². The van der Waals surface area contributed by atoms with Gasteiger partial charge in [-0.25, -0.2) is 0 Å². The van der Waals surface area contributed by atoms with E-state index in [2.05, 4.69) is 33.5 Å². The second kappa shape index (κ2) is 10.3. The Kier molecular flexibility index (Phi) is 9.12. The molecule has 0 bridgehead atoms. The lowest BCUT2D eigenvalue weighted by Crippen LogP contribution is -2.44. The Bertz CT molecular complexity index is 481. The van der Waals surface area contributed by atoms with Gasteiger partial charge >= 0.3 is 0 Å². The number of aliphatic imine (C=N–C) groups is 1. The van der Waals surface area contributed by atoms with Crippen LogP contribution in [0.5, 0.6) is 0 Å². The second-order valence-corrected chi connectivity index (χ2v) is 5.80. The lowest BCUT2D eigenvalue weighted by atomic mass is 10.2. The molecule has 0 amide bonds. The highest BCUT2D eigenvalue weighted by atomic mass is 127. The molecule has 0 spiro atoms. The van der Waals surface area contributed by atoms with Crippen molar-refractivity contribution in [1.82, 2.24) is 15.5 Å². The topological polar surface area (TPSA) is 39.7 Å². The van der Waals surface area contributed by atoms with Crippen molar-refractivity contribution in [2.75, 3.05) is 26.7 Å². The summed E-state index contributed by atoms with van der Waals surface area (Å²) in [5.41, 5.74) is 1.15. The van der Waals surface area contributed by atoms with E-state index in [1.54, 1.807) is 7.05 Å². The third-order valence-electron chi connectivity index (χ3n) is 3.98. The summed E-state index contributed by atoms with van der Waals surface area (Å²) in [6.45, 7) is 6.24. The van der Waals surface area contributed by atoms with Gasteiger partial charge in [-0.3, -0.25) is 9.89 Å². The van der Waals surface area contributed by atoms with Gasteiger partial charge in [-0.15, -0.1) is 24.0 Å². The second-order valence-electron chi connectivity index (χ2n) is 5.36. The van der Waals surface area contributed by atoms with Crippen molar-refractivity contribution >= 4 is 41.5 Å². The van der Waals surface area contributed by atoms with E-state index in [4.69, 9.17) is 11.6 Å². The van der Waals surface area contributed by atoms with E-state index in [0.717, 1.165) is 36.2 Å². The number of hydrogen-bond donors (Lipinski definition) is 2. The zero-order chi connectivity index (χ0) is 15.1. The number of nitrogens with zero attached hydrogens (tertiary/aromatic N) is 2. The van der Waals surface area contributed by atoms with Crippen LogP contribution in [0.3, 0.4) is 0 Å². The molecule has 1 heterocycles. The Hall–Kier alpha value is -0.530. The molecule has 1 fully saturated rings. The van der Waals surface area contributed by atoms with E-state index in [1.807, 2.05) is 18.2 Å². The number of halogens is 2. The van der Waals surface area contributed by atoms with Crippen molar-refractivity contribution in [3.8, 4) is 0 Å². The minimum Gasteiger partial charge on any atom is -0.355 e. The van der Waals surface area contributed by atoms with Crippen molar-refractivity contribution in [1.29, 1.82) is 0 Å². The first-order valence-electron chi connectivity index (χ1n) is 7.66. The van der Waals surface area contributed by atoms with Crippen LogP contribution in [0.15, 0.2) is 29.3 Å². The molecule has 22 heavy (non-hydrogen) atoms. The first-order chi connectivity index (χ1) is 10.2. The number of likely N-dealkylation sites (tertiary alicyclic amines) is 1. The molecule has 0 aromatic heterocycles. The summed E-state index contributed by atoms with van der Waals surface area (Å²) in [6, 6.07) is 8.50. The van der Waals surface area contributed by atoms with Crippen molar-refractivity contribution < 1.29 is 0 Å². The molecule has 0 aliphatic carbocycles. The van der Waals surface area contributed by atoms with Crippen LogP contribution in [0.4, 0.5) is 0 Å². The molecule has 124 valence electrons. The van der Waals surface area contributed by atoms with Crippen LogP contribution >= 0.6 is 35.6 Å². The molecule has 0 radical (unpaired) electrons. The summed E-state index contributed by atoms with van der Waals surface area (Å²) < 4.78 is 0. The predicted octanol–water partition coefficient (Wildman–Crippen LogP) is 3.11. The summed E-state index contributed by atoms with van der Waals surface area (Å²) in [4.78, 5) is 6.81. The van der Waals surface area contributed by atoms with Crippen LogP contribution in [0, 0.1) is 0 Å². The standard InChI is InChI=1S/C16H25ClN4.HI/c1-3-21-9-5-8-15(21)12-20-16(18-2)19-11-13-6-4-7-14(17)10-13;/h4,6-7,10,15H,3,5,8-9,11-12H2,1-2H3,(H2,18,19,20);1H. The maximum Gasteiger partial charge on any atom is 0.191 e. The normalized spacial score (nSPS) is 18.9. The number of guanidine groups is 1. The van der Waals surface area contributed by atoms with Gasteiger partial charge < -0.3 is 10.6 Å². The van der Waals surface area contributed by atoms with Crippen LogP contribution in [-0.2, 0) is 6.54 Å². The molecule has 1 atom stereocenters. The fourth-order valence-electron chi connectivity index (χ4n) is 2.81. The van der Waals surface area contributed by atoms with Gasteiger partial charge in [0.05, 0.1) is 0 Å². The summed E-state index contributed by atoms with van der Waals surface area (Å²) >= 11 is 5.99. The van der Waals surface area contributed by atoms with E-state index >= 15 is 0 Å². The minimum atomic E-state index is 0. The third-order valence-corrected chi connectivity index (χ3v) is 4.22. The van der Waals surface area contributed by atoms with Crippen LogP contribution in [-0.4, -0.2) is 43.6 Å². The maximum absolute atomic E-state index is 5.99. The number of rotatable bonds is 5. The molecule has 6 heteroatoms. The van der Waals surface area contributed by atoms with Gasteiger partial charge in [-0.05, 0) is 43.6 Å². The molecule has 1 aliphatic heterocycles. The molecule has 1 aromatic rings. The molecule has 2 rings (SSSR count). The van der Waals surface area contributed by atoms with Crippen LogP contribution in [0.25, 0.3) is 0 Å². The molecule has 2 N–H and O–H groups in total. The average molecular weight is 437 g/mol. The quantitative estimate of drug-likeness (QED) is 0.423. The molecular weight excluding hydrogens is 411 g/mol. The Morgan fingerprint density at radius 2 is 2.23 bits per heavy atom. The Morgan fingerprint density at radius 1 is 1.41 bits per heavy atom. The van der Waals surface area contributed by atoms with Gasteiger partial charge in [0.15, 0.2) is 5.96 Å². The third kappa shape index (κ3) is 5.93. The molecular formula is C16H26ClIN4.